The maximum atomic E-state index is 11.9. The second-order valence-corrected chi connectivity index (χ2v) is 5.82. The van der Waals surface area contributed by atoms with Crippen molar-refractivity contribution >= 4 is 38.4 Å². The molecule has 0 aliphatic carbocycles. The molecular formula is C13H13BrN2O2S. The van der Waals surface area contributed by atoms with E-state index in [4.69, 9.17) is 10.5 Å². The number of aromatic nitrogens is 1. The second kappa shape index (κ2) is 6.16. The van der Waals surface area contributed by atoms with Gasteiger partial charge in [-0.05, 0) is 24.1 Å². The van der Waals surface area contributed by atoms with Crippen molar-refractivity contribution < 1.29 is 9.53 Å². The van der Waals surface area contributed by atoms with Crippen LogP contribution in [-0.2, 0) is 4.74 Å². The number of esters is 1. The zero-order valence-corrected chi connectivity index (χ0v) is 12.8. The number of halogens is 1. The molecule has 1 aromatic heterocycles. The molecule has 100 valence electrons. The van der Waals surface area contributed by atoms with Crippen molar-refractivity contribution in [1.82, 2.24) is 4.98 Å². The van der Waals surface area contributed by atoms with Gasteiger partial charge in [0.2, 0.25) is 0 Å². The molecule has 1 heterocycles. The van der Waals surface area contributed by atoms with Crippen LogP contribution < -0.4 is 5.73 Å². The van der Waals surface area contributed by atoms with Crippen molar-refractivity contribution in [1.29, 1.82) is 0 Å². The summed E-state index contributed by atoms with van der Waals surface area (Å²) in [4.78, 5) is 16.7. The van der Waals surface area contributed by atoms with Gasteiger partial charge in [-0.3, -0.25) is 0 Å². The van der Waals surface area contributed by atoms with Crippen molar-refractivity contribution in [3.05, 3.63) is 34.4 Å². The average molecular weight is 341 g/mol. The SMILES string of the molecule is CCCOC(=O)c1nc(N)sc1-c1ccc(Br)cc1. The maximum absolute atomic E-state index is 11.9. The van der Waals surface area contributed by atoms with E-state index in [1.165, 1.54) is 11.3 Å². The van der Waals surface area contributed by atoms with Gasteiger partial charge in [0.15, 0.2) is 10.8 Å². The topological polar surface area (TPSA) is 65.2 Å². The summed E-state index contributed by atoms with van der Waals surface area (Å²) >= 11 is 4.66. The lowest BCUT2D eigenvalue weighted by molar-refractivity contribution is 0.0500. The zero-order valence-electron chi connectivity index (χ0n) is 10.4. The summed E-state index contributed by atoms with van der Waals surface area (Å²) in [7, 11) is 0. The van der Waals surface area contributed by atoms with E-state index in [0.29, 0.717) is 17.4 Å². The van der Waals surface area contributed by atoms with E-state index in [0.717, 1.165) is 21.3 Å². The van der Waals surface area contributed by atoms with Gasteiger partial charge in [-0.1, -0.05) is 46.3 Å². The number of benzene rings is 1. The van der Waals surface area contributed by atoms with Gasteiger partial charge < -0.3 is 10.5 Å². The molecule has 0 unspecified atom stereocenters. The van der Waals surface area contributed by atoms with E-state index < -0.39 is 5.97 Å². The first-order valence-corrected chi connectivity index (χ1v) is 7.42. The molecule has 2 aromatic rings. The number of nitrogens with two attached hydrogens (primary N) is 1. The minimum absolute atomic E-state index is 0.290. The average Bonchev–Trinajstić information content (AvgIpc) is 2.79. The third kappa shape index (κ3) is 3.33. The number of hydrogen-bond acceptors (Lipinski definition) is 5. The molecule has 0 bridgehead atoms. The first-order valence-electron chi connectivity index (χ1n) is 5.81. The van der Waals surface area contributed by atoms with Crippen LogP contribution in [0.2, 0.25) is 0 Å². The molecule has 0 spiro atoms. The van der Waals surface area contributed by atoms with E-state index in [-0.39, 0.29) is 0 Å². The fraction of sp³-hybridized carbons (Fsp3) is 0.231. The number of nitrogen functional groups attached to an aromatic ring is 1. The maximum Gasteiger partial charge on any atom is 0.358 e. The van der Waals surface area contributed by atoms with Crippen molar-refractivity contribution in [3.8, 4) is 10.4 Å². The third-order valence-electron chi connectivity index (χ3n) is 2.38. The van der Waals surface area contributed by atoms with E-state index >= 15 is 0 Å². The number of hydrogen-bond donors (Lipinski definition) is 1. The van der Waals surface area contributed by atoms with Crippen LogP contribution in [0.1, 0.15) is 23.8 Å². The Bertz CT molecular complexity index is 581. The molecule has 0 aliphatic rings. The van der Waals surface area contributed by atoms with Gasteiger partial charge >= 0.3 is 5.97 Å². The Hall–Kier alpha value is -1.40. The normalized spacial score (nSPS) is 10.4. The minimum Gasteiger partial charge on any atom is -0.461 e. The quantitative estimate of drug-likeness (QED) is 0.861. The van der Waals surface area contributed by atoms with E-state index in [9.17, 15) is 4.79 Å². The van der Waals surface area contributed by atoms with Crippen LogP contribution in [0.25, 0.3) is 10.4 Å². The molecule has 4 nitrogen and oxygen atoms in total. The number of nitrogens with zero attached hydrogens (tertiary/aromatic N) is 1. The number of ether oxygens (including phenoxy) is 1. The molecule has 0 fully saturated rings. The van der Waals surface area contributed by atoms with Gasteiger partial charge in [0.25, 0.3) is 0 Å². The molecule has 2 N–H and O–H groups in total. The summed E-state index contributed by atoms with van der Waals surface area (Å²) in [6.07, 6.45) is 0.777. The molecule has 0 radical (unpaired) electrons. The monoisotopic (exact) mass is 340 g/mol. The molecule has 0 saturated carbocycles. The first-order chi connectivity index (χ1) is 9.11. The molecule has 19 heavy (non-hydrogen) atoms. The Labute approximate surface area is 123 Å². The van der Waals surface area contributed by atoms with Crippen LogP contribution in [0.3, 0.4) is 0 Å². The van der Waals surface area contributed by atoms with Crippen molar-refractivity contribution in [3.63, 3.8) is 0 Å². The van der Waals surface area contributed by atoms with Crippen molar-refractivity contribution in [2.45, 2.75) is 13.3 Å². The number of rotatable bonds is 4. The summed E-state index contributed by atoms with van der Waals surface area (Å²) in [5, 5.41) is 0.362. The Kier molecular flexibility index (Phi) is 4.55. The highest BCUT2D eigenvalue weighted by atomic mass is 79.9. The molecule has 1 aromatic carbocycles. The molecule has 0 aliphatic heterocycles. The second-order valence-electron chi connectivity index (χ2n) is 3.87. The minimum atomic E-state index is -0.423. The van der Waals surface area contributed by atoms with Gasteiger partial charge in [-0.15, -0.1) is 0 Å². The fourth-order valence-electron chi connectivity index (χ4n) is 1.54. The van der Waals surface area contributed by atoms with E-state index in [1.54, 1.807) is 0 Å². The van der Waals surface area contributed by atoms with Crippen LogP contribution >= 0.6 is 27.3 Å². The van der Waals surface area contributed by atoms with Crippen molar-refractivity contribution in [2.75, 3.05) is 12.3 Å². The highest BCUT2D eigenvalue weighted by Crippen LogP contribution is 2.32. The molecule has 0 amide bonds. The Morgan fingerprint density at radius 1 is 1.42 bits per heavy atom. The number of carbonyl (C=O) groups is 1. The zero-order chi connectivity index (χ0) is 13.8. The standard InChI is InChI=1S/C13H13BrN2O2S/c1-2-7-18-12(17)10-11(19-13(15)16-10)8-3-5-9(14)6-4-8/h3-6H,2,7H2,1H3,(H2,15,16). The van der Waals surface area contributed by atoms with Gasteiger partial charge in [0.1, 0.15) is 0 Å². The van der Waals surface area contributed by atoms with Gasteiger partial charge in [0.05, 0.1) is 11.5 Å². The predicted octanol–water partition coefficient (Wildman–Crippen LogP) is 3.72. The Morgan fingerprint density at radius 2 is 2.11 bits per heavy atom. The highest BCUT2D eigenvalue weighted by Gasteiger charge is 2.19. The van der Waals surface area contributed by atoms with E-state index in [1.807, 2.05) is 31.2 Å². The number of thiazole rings is 1. The summed E-state index contributed by atoms with van der Waals surface area (Å²) in [5.74, 6) is -0.423. The molecule has 2 rings (SSSR count). The fourth-order valence-corrected chi connectivity index (χ4v) is 2.63. The smallest absolute Gasteiger partial charge is 0.358 e. The number of carbonyl (C=O) groups excluding carboxylic acids is 1. The van der Waals surface area contributed by atoms with Gasteiger partial charge in [0, 0.05) is 4.47 Å². The molecule has 0 saturated heterocycles. The van der Waals surface area contributed by atoms with Gasteiger partial charge in [-0.2, -0.15) is 0 Å². The lowest BCUT2D eigenvalue weighted by Crippen LogP contribution is -2.07. The van der Waals surface area contributed by atoms with Crippen LogP contribution in [0, 0.1) is 0 Å². The van der Waals surface area contributed by atoms with E-state index in [2.05, 4.69) is 20.9 Å². The highest BCUT2D eigenvalue weighted by molar-refractivity contribution is 9.10. The summed E-state index contributed by atoms with van der Waals surface area (Å²) in [6, 6.07) is 7.64. The summed E-state index contributed by atoms with van der Waals surface area (Å²) in [6.45, 7) is 2.33. The molecule has 6 heteroatoms. The van der Waals surface area contributed by atoms with Crippen LogP contribution in [0.4, 0.5) is 5.13 Å². The summed E-state index contributed by atoms with van der Waals surface area (Å²) in [5.41, 5.74) is 6.90. The molecule has 0 atom stereocenters. The van der Waals surface area contributed by atoms with Crippen LogP contribution in [0.5, 0.6) is 0 Å². The third-order valence-corrected chi connectivity index (χ3v) is 3.84. The van der Waals surface area contributed by atoms with Crippen molar-refractivity contribution in [2.24, 2.45) is 0 Å². The lowest BCUT2D eigenvalue weighted by Gasteiger charge is -2.03. The predicted molar refractivity (Wildman–Crippen MR) is 80.2 cm³/mol. The first kappa shape index (κ1) is 14.0. The Balaban J connectivity index is 2.35. The van der Waals surface area contributed by atoms with Crippen LogP contribution in [0.15, 0.2) is 28.7 Å². The Morgan fingerprint density at radius 3 is 2.74 bits per heavy atom. The lowest BCUT2D eigenvalue weighted by atomic mass is 10.1. The number of anilines is 1. The molecular weight excluding hydrogens is 328 g/mol. The van der Waals surface area contributed by atoms with Gasteiger partial charge in [-0.25, -0.2) is 9.78 Å². The van der Waals surface area contributed by atoms with Crippen LogP contribution in [-0.4, -0.2) is 17.6 Å². The summed E-state index contributed by atoms with van der Waals surface area (Å²) < 4.78 is 6.09. The largest absolute Gasteiger partial charge is 0.461 e.